The molecule has 0 atom stereocenters. The number of allylic oxidation sites excluding steroid dienone is 5. The van der Waals surface area contributed by atoms with Crippen LogP contribution in [0.5, 0.6) is 0 Å². The van der Waals surface area contributed by atoms with Crippen molar-refractivity contribution in [2.75, 3.05) is 0 Å². The van der Waals surface area contributed by atoms with Crippen LogP contribution < -0.4 is 0 Å². The molecule has 0 saturated heterocycles. The van der Waals surface area contributed by atoms with Gasteiger partial charge < -0.3 is 0 Å². The van der Waals surface area contributed by atoms with Crippen LogP contribution in [0.2, 0.25) is 0 Å². The molecule has 0 unspecified atom stereocenters. The fourth-order valence-corrected chi connectivity index (χ4v) is 1.47. The van der Waals surface area contributed by atoms with Gasteiger partial charge in [0.2, 0.25) is 0 Å². The molecule has 1 aliphatic rings. The van der Waals surface area contributed by atoms with E-state index in [1.54, 1.807) is 6.08 Å². The Balaban J connectivity index is 2.38. The van der Waals surface area contributed by atoms with Crippen LogP contribution in [0.4, 0.5) is 8.78 Å². The Labute approximate surface area is 87.2 Å². The summed E-state index contributed by atoms with van der Waals surface area (Å²) in [7, 11) is 0. The van der Waals surface area contributed by atoms with E-state index in [9.17, 15) is 8.78 Å². The molecule has 0 amide bonds. The zero-order valence-corrected chi connectivity index (χ0v) is 8.08. The summed E-state index contributed by atoms with van der Waals surface area (Å²) in [5, 5.41) is 0. The summed E-state index contributed by atoms with van der Waals surface area (Å²) in [4.78, 5) is 0. The molecular formula is C13H10F2. The molecule has 15 heavy (non-hydrogen) atoms. The first-order valence-corrected chi connectivity index (χ1v) is 4.75. The third-order valence-corrected chi connectivity index (χ3v) is 2.24. The minimum atomic E-state index is -0.523. The van der Waals surface area contributed by atoms with Crippen molar-refractivity contribution in [1.29, 1.82) is 0 Å². The number of halogens is 2. The third-order valence-electron chi connectivity index (χ3n) is 2.24. The second-order valence-electron chi connectivity index (χ2n) is 3.35. The summed E-state index contributed by atoms with van der Waals surface area (Å²) in [5.41, 5.74) is 0.939. The van der Waals surface area contributed by atoms with E-state index >= 15 is 0 Å². The van der Waals surface area contributed by atoms with Crippen LogP contribution in [-0.2, 0) is 0 Å². The van der Waals surface area contributed by atoms with Crippen molar-refractivity contribution in [3.05, 3.63) is 65.3 Å². The van der Waals surface area contributed by atoms with E-state index in [-0.39, 0.29) is 5.56 Å². The number of rotatable bonds is 1. The predicted octanol–water partition coefficient (Wildman–Crippen LogP) is 3.86. The second kappa shape index (κ2) is 4.22. The molecule has 0 radical (unpaired) electrons. The molecule has 1 aliphatic carbocycles. The highest BCUT2D eigenvalue weighted by Gasteiger charge is 2.06. The van der Waals surface area contributed by atoms with Crippen LogP contribution in [0.1, 0.15) is 12.0 Å². The van der Waals surface area contributed by atoms with Crippen molar-refractivity contribution >= 4 is 6.08 Å². The van der Waals surface area contributed by atoms with E-state index in [1.165, 1.54) is 18.2 Å². The molecule has 0 heterocycles. The second-order valence-corrected chi connectivity index (χ2v) is 3.35. The third kappa shape index (κ3) is 2.21. The molecule has 0 nitrogen and oxygen atoms in total. The van der Waals surface area contributed by atoms with Crippen molar-refractivity contribution in [3.63, 3.8) is 0 Å². The van der Waals surface area contributed by atoms with Gasteiger partial charge in [-0.05, 0) is 30.2 Å². The van der Waals surface area contributed by atoms with Gasteiger partial charge in [0.1, 0.15) is 11.6 Å². The van der Waals surface area contributed by atoms with Gasteiger partial charge in [-0.3, -0.25) is 0 Å². The molecule has 0 fully saturated rings. The van der Waals surface area contributed by atoms with Gasteiger partial charge in [0.05, 0.1) is 0 Å². The topological polar surface area (TPSA) is 0 Å². The van der Waals surface area contributed by atoms with Crippen molar-refractivity contribution < 1.29 is 8.78 Å². The molecule has 0 N–H and O–H groups in total. The Bertz CT molecular complexity index is 433. The summed E-state index contributed by atoms with van der Waals surface area (Å²) in [6.45, 7) is 0. The number of benzene rings is 1. The highest BCUT2D eigenvalue weighted by atomic mass is 19.1. The van der Waals surface area contributed by atoms with E-state index in [0.29, 0.717) is 6.42 Å². The lowest BCUT2D eigenvalue weighted by molar-refractivity contribution is 0.578. The quantitative estimate of drug-likeness (QED) is 0.651. The molecular weight excluding hydrogens is 194 g/mol. The van der Waals surface area contributed by atoms with E-state index in [4.69, 9.17) is 0 Å². The first kappa shape index (κ1) is 9.84. The van der Waals surface area contributed by atoms with Crippen LogP contribution in [0, 0.1) is 11.6 Å². The molecule has 1 aromatic carbocycles. The molecule has 76 valence electrons. The smallest absolute Gasteiger partial charge is 0.133 e. The Morgan fingerprint density at radius 1 is 1.07 bits per heavy atom. The molecule has 0 saturated carbocycles. The highest BCUT2D eigenvalue weighted by Crippen LogP contribution is 2.19. The SMILES string of the molecule is Fc1cccc(F)c1C=C1C=CC=CC1. The summed E-state index contributed by atoms with van der Waals surface area (Å²) >= 11 is 0. The van der Waals surface area contributed by atoms with Crippen LogP contribution in [0.3, 0.4) is 0 Å². The maximum atomic E-state index is 13.3. The van der Waals surface area contributed by atoms with Crippen LogP contribution >= 0.6 is 0 Å². The zero-order valence-electron chi connectivity index (χ0n) is 8.08. The molecule has 2 rings (SSSR count). The molecule has 0 spiro atoms. The van der Waals surface area contributed by atoms with Gasteiger partial charge in [-0.15, -0.1) is 0 Å². The molecule has 0 aromatic heterocycles. The van der Waals surface area contributed by atoms with Gasteiger partial charge in [-0.2, -0.15) is 0 Å². The highest BCUT2D eigenvalue weighted by molar-refractivity contribution is 5.58. The van der Waals surface area contributed by atoms with Crippen molar-refractivity contribution in [2.24, 2.45) is 0 Å². The minimum absolute atomic E-state index is 0.0347. The lowest BCUT2D eigenvalue weighted by Gasteiger charge is -2.04. The molecule has 1 aromatic rings. The molecule has 0 aliphatic heterocycles. The Hall–Kier alpha value is -1.70. The maximum absolute atomic E-state index is 13.3. The lowest BCUT2D eigenvalue weighted by Crippen LogP contribution is -1.90. The predicted molar refractivity (Wildman–Crippen MR) is 57.2 cm³/mol. The zero-order chi connectivity index (χ0) is 10.7. The van der Waals surface area contributed by atoms with E-state index in [2.05, 4.69) is 0 Å². The standard InChI is InChI=1S/C13H10F2/c14-12-7-4-8-13(15)11(12)9-10-5-2-1-3-6-10/h1-5,7-9H,6H2. The summed E-state index contributed by atoms with van der Waals surface area (Å²) in [6.07, 6.45) is 9.83. The number of hydrogen-bond acceptors (Lipinski definition) is 0. The fraction of sp³-hybridized carbons (Fsp3) is 0.0769. The van der Waals surface area contributed by atoms with E-state index in [1.807, 2.05) is 24.3 Å². The van der Waals surface area contributed by atoms with Crippen LogP contribution in [0.15, 0.2) is 48.1 Å². The molecule has 2 heteroatoms. The first-order chi connectivity index (χ1) is 7.27. The first-order valence-electron chi connectivity index (χ1n) is 4.75. The Kier molecular flexibility index (Phi) is 2.77. The normalized spacial score (nSPS) is 17.3. The van der Waals surface area contributed by atoms with Crippen molar-refractivity contribution in [1.82, 2.24) is 0 Å². The van der Waals surface area contributed by atoms with Crippen LogP contribution in [-0.4, -0.2) is 0 Å². The van der Waals surface area contributed by atoms with Gasteiger partial charge in [0.25, 0.3) is 0 Å². The molecule has 0 bridgehead atoms. The Morgan fingerprint density at radius 2 is 1.80 bits per heavy atom. The number of hydrogen-bond donors (Lipinski definition) is 0. The van der Waals surface area contributed by atoms with Gasteiger partial charge in [-0.1, -0.05) is 30.4 Å². The van der Waals surface area contributed by atoms with Crippen molar-refractivity contribution in [3.8, 4) is 0 Å². The largest absolute Gasteiger partial charge is 0.206 e. The average Bonchev–Trinajstić information content (AvgIpc) is 2.25. The average molecular weight is 204 g/mol. The van der Waals surface area contributed by atoms with Crippen LogP contribution in [0.25, 0.3) is 6.08 Å². The summed E-state index contributed by atoms with van der Waals surface area (Å²) < 4.78 is 26.6. The Morgan fingerprint density at radius 3 is 2.40 bits per heavy atom. The monoisotopic (exact) mass is 204 g/mol. The summed E-state index contributed by atoms with van der Waals surface area (Å²) in [5.74, 6) is -1.05. The summed E-state index contributed by atoms with van der Waals surface area (Å²) in [6, 6.07) is 3.89. The fourth-order valence-electron chi connectivity index (χ4n) is 1.47. The minimum Gasteiger partial charge on any atom is -0.206 e. The van der Waals surface area contributed by atoms with Gasteiger partial charge in [-0.25, -0.2) is 8.78 Å². The van der Waals surface area contributed by atoms with Gasteiger partial charge in [0, 0.05) is 5.56 Å². The van der Waals surface area contributed by atoms with Crippen molar-refractivity contribution in [2.45, 2.75) is 6.42 Å². The van der Waals surface area contributed by atoms with E-state index < -0.39 is 11.6 Å². The maximum Gasteiger partial charge on any atom is 0.133 e. The van der Waals surface area contributed by atoms with E-state index in [0.717, 1.165) is 5.57 Å². The lowest BCUT2D eigenvalue weighted by atomic mass is 10.0. The van der Waals surface area contributed by atoms with Gasteiger partial charge >= 0.3 is 0 Å². The van der Waals surface area contributed by atoms with Gasteiger partial charge in [0.15, 0.2) is 0 Å².